The van der Waals surface area contributed by atoms with Crippen molar-refractivity contribution < 1.29 is 17.9 Å². The molecule has 0 aromatic carbocycles. The van der Waals surface area contributed by atoms with Gasteiger partial charge in [-0.3, -0.25) is 4.79 Å². The van der Waals surface area contributed by atoms with Crippen molar-refractivity contribution >= 4 is 15.9 Å². The van der Waals surface area contributed by atoms with E-state index in [1.54, 1.807) is 11.7 Å². The third-order valence-electron chi connectivity index (χ3n) is 3.46. The second-order valence-electron chi connectivity index (χ2n) is 5.40. The molecule has 1 amide bonds. The van der Waals surface area contributed by atoms with Crippen molar-refractivity contribution in [3.05, 3.63) is 18.0 Å². The molecule has 0 aliphatic heterocycles. The van der Waals surface area contributed by atoms with Crippen LogP contribution in [-0.4, -0.2) is 38.7 Å². The van der Waals surface area contributed by atoms with Crippen LogP contribution in [0.3, 0.4) is 0 Å². The van der Waals surface area contributed by atoms with Crippen LogP contribution in [0.2, 0.25) is 0 Å². The summed E-state index contributed by atoms with van der Waals surface area (Å²) in [7, 11) is -2.20. The highest BCUT2D eigenvalue weighted by Gasteiger charge is 2.30. The SMILES string of the molecule is COCCC(C)NC(=O)c1cc(S(N)(=O)=O)cn1C1CC1. The Balaban J connectivity index is 2.18. The van der Waals surface area contributed by atoms with Crippen molar-refractivity contribution in [3.8, 4) is 0 Å². The van der Waals surface area contributed by atoms with Crippen LogP contribution in [0.25, 0.3) is 0 Å². The zero-order valence-corrected chi connectivity index (χ0v) is 13.0. The van der Waals surface area contributed by atoms with E-state index in [9.17, 15) is 13.2 Å². The van der Waals surface area contributed by atoms with Gasteiger partial charge in [-0.2, -0.15) is 0 Å². The first-order valence-electron chi connectivity index (χ1n) is 6.87. The third-order valence-corrected chi connectivity index (χ3v) is 4.34. The molecule has 0 radical (unpaired) electrons. The van der Waals surface area contributed by atoms with E-state index in [1.807, 2.05) is 6.92 Å². The molecule has 0 saturated heterocycles. The smallest absolute Gasteiger partial charge is 0.268 e. The molecule has 1 unspecified atom stereocenters. The summed E-state index contributed by atoms with van der Waals surface area (Å²) in [5.74, 6) is -0.291. The lowest BCUT2D eigenvalue weighted by Gasteiger charge is -2.14. The van der Waals surface area contributed by atoms with Crippen LogP contribution < -0.4 is 10.5 Å². The minimum atomic E-state index is -3.81. The summed E-state index contributed by atoms with van der Waals surface area (Å²) >= 11 is 0. The molecule has 1 aromatic rings. The van der Waals surface area contributed by atoms with Gasteiger partial charge in [-0.1, -0.05) is 0 Å². The van der Waals surface area contributed by atoms with Crippen molar-refractivity contribution in [2.45, 2.75) is 43.2 Å². The van der Waals surface area contributed by atoms with E-state index < -0.39 is 10.0 Å². The maximum atomic E-state index is 12.3. The van der Waals surface area contributed by atoms with Crippen LogP contribution in [0.15, 0.2) is 17.2 Å². The molecule has 1 saturated carbocycles. The number of ether oxygens (including phenoxy) is 1. The first-order chi connectivity index (χ1) is 9.82. The summed E-state index contributed by atoms with van der Waals surface area (Å²) in [5.41, 5.74) is 0.339. The fraction of sp³-hybridized carbons (Fsp3) is 0.615. The molecule has 0 bridgehead atoms. The van der Waals surface area contributed by atoms with Crippen LogP contribution in [0.4, 0.5) is 0 Å². The number of carbonyl (C=O) groups is 1. The highest BCUT2D eigenvalue weighted by atomic mass is 32.2. The molecule has 1 fully saturated rings. The molecule has 3 N–H and O–H groups in total. The van der Waals surface area contributed by atoms with E-state index in [4.69, 9.17) is 9.88 Å². The summed E-state index contributed by atoms with van der Waals surface area (Å²) in [6, 6.07) is 1.47. The number of sulfonamides is 1. The number of carbonyl (C=O) groups excluding carboxylic acids is 1. The number of nitrogens with two attached hydrogens (primary N) is 1. The highest BCUT2D eigenvalue weighted by molar-refractivity contribution is 7.89. The van der Waals surface area contributed by atoms with Crippen LogP contribution >= 0.6 is 0 Å². The van der Waals surface area contributed by atoms with Gasteiger partial charge in [0.1, 0.15) is 10.6 Å². The second kappa shape index (κ2) is 6.17. The minimum Gasteiger partial charge on any atom is -0.385 e. The lowest BCUT2D eigenvalue weighted by molar-refractivity contribution is 0.0920. The van der Waals surface area contributed by atoms with E-state index in [0.29, 0.717) is 18.7 Å². The van der Waals surface area contributed by atoms with Crippen LogP contribution in [0.1, 0.15) is 42.7 Å². The van der Waals surface area contributed by atoms with Gasteiger partial charge in [0.05, 0.1) is 0 Å². The molecular formula is C13H21N3O4S. The second-order valence-corrected chi connectivity index (χ2v) is 6.96. The van der Waals surface area contributed by atoms with Crippen LogP contribution in [-0.2, 0) is 14.8 Å². The number of rotatable bonds is 7. The summed E-state index contributed by atoms with van der Waals surface area (Å²) in [4.78, 5) is 12.3. The van der Waals surface area contributed by atoms with Gasteiger partial charge in [0.15, 0.2) is 0 Å². The number of nitrogens with zero attached hydrogens (tertiary/aromatic N) is 1. The van der Waals surface area contributed by atoms with Crippen molar-refractivity contribution in [1.29, 1.82) is 0 Å². The Labute approximate surface area is 124 Å². The number of hydrogen-bond acceptors (Lipinski definition) is 4. The monoisotopic (exact) mass is 315 g/mol. The van der Waals surface area contributed by atoms with Gasteiger partial charge >= 0.3 is 0 Å². The quantitative estimate of drug-likeness (QED) is 0.770. The van der Waals surface area contributed by atoms with Gasteiger partial charge in [-0.15, -0.1) is 0 Å². The van der Waals surface area contributed by atoms with E-state index in [2.05, 4.69) is 5.32 Å². The normalized spacial score (nSPS) is 16.7. The molecule has 118 valence electrons. The Morgan fingerprint density at radius 3 is 2.76 bits per heavy atom. The Kier molecular flexibility index (Phi) is 4.70. The van der Waals surface area contributed by atoms with Gasteiger partial charge in [-0.25, -0.2) is 13.6 Å². The van der Waals surface area contributed by atoms with Crippen molar-refractivity contribution in [3.63, 3.8) is 0 Å². The van der Waals surface area contributed by atoms with E-state index in [-0.39, 0.29) is 22.9 Å². The number of hydrogen-bond donors (Lipinski definition) is 2. The maximum Gasteiger partial charge on any atom is 0.268 e. The van der Waals surface area contributed by atoms with Gasteiger partial charge in [0.2, 0.25) is 10.0 Å². The largest absolute Gasteiger partial charge is 0.385 e. The zero-order valence-electron chi connectivity index (χ0n) is 12.2. The zero-order chi connectivity index (χ0) is 15.6. The molecule has 1 aliphatic carbocycles. The summed E-state index contributed by atoms with van der Waals surface area (Å²) < 4.78 is 29.6. The number of aromatic nitrogens is 1. The lowest BCUT2D eigenvalue weighted by Crippen LogP contribution is -2.34. The Morgan fingerprint density at radius 2 is 2.24 bits per heavy atom. The molecule has 1 heterocycles. The van der Waals surface area contributed by atoms with Crippen molar-refractivity contribution in [1.82, 2.24) is 9.88 Å². The molecular weight excluding hydrogens is 294 g/mol. The van der Waals surface area contributed by atoms with Gasteiger partial charge in [0, 0.05) is 32.0 Å². The Hall–Kier alpha value is -1.38. The van der Waals surface area contributed by atoms with Crippen molar-refractivity contribution in [2.75, 3.05) is 13.7 Å². The third kappa shape index (κ3) is 4.05. The van der Waals surface area contributed by atoms with Crippen LogP contribution in [0, 0.1) is 0 Å². The number of primary sulfonamides is 1. The molecule has 1 aromatic heterocycles. The molecule has 1 aliphatic rings. The topological polar surface area (TPSA) is 103 Å². The van der Waals surface area contributed by atoms with Gasteiger partial charge in [-0.05, 0) is 32.3 Å². The fourth-order valence-corrected chi connectivity index (χ4v) is 2.65. The van der Waals surface area contributed by atoms with Crippen LogP contribution in [0.5, 0.6) is 0 Å². The average molecular weight is 315 g/mol. The molecule has 7 nitrogen and oxygen atoms in total. The number of methoxy groups -OCH3 is 1. The first-order valence-corrected chi connectivity index (χ1v) is 8.42. The summed E-state index contributed by atoms with van der Waals surface area (Å²) in [6.45, 7) is 2.43. The fourth-order valence-electron chi connectivity index (χ4n) is 2.11. The predicted molar refractivity (Wildman–Crippen MR) is 77.5 cm³/mol. The first kappa shape index (κ1) is 16.0. The van der Waals surface area contributed by atoms with Gasteiger partial charge in [0.25, 0.3) is 5.91 Å². The number of nitrogens with one attached hydrogen (secondary N) is 1. The highest BCUT2D eigenvalue weighted by Crippen LogP contribution is 2.37. The molecule has 2 rings (SSSR count). The Morgan fingerprint density at radius 1 is 1.57 bits per heavy atom. The predicted octanol–water partition coefficient (Wildman–Crippen LogP) is 0.625. The Bertz CT molecular complexity index is 619. The van der Waals surface area contributed by atoms with E-state index in [1.165, 1.54) is 12.3 Å². The molecule has 21 heavy (non-hydrogen) atoms. The maximum absolute atomic E-state index is 12.3. The molecule has 1 atom stereocenters. The molecule has 0 spiro atoms. The minimum absolute atomic E-state index is 0.0240. The van der Waals surface area contributed by atoms with Gasteiger partial charge < -0.3 is 14.6 Å². The summed E-state index contributed by atoms with van der Waals surface area (Å²) in [5, 5.41) is 7.98. The van der Waals surface area contributed by atoms with E-state index in [0.717, 1.165) is 12.8 Å². The molecule has 8 heteroatoms. The average Bonchev–Trinajstić information content (AvgIpc) is 3.13. The number of amides is 1. The van der Waals surface area contributed by atoms with E-state index >= 15 is 0 Å². The van der Waals surface area contributed by atoms with Crippen molar-refractivity contribution in [2.24, 2.45) is 5.14 Å². The standard InChI is InChI=1S/C13H21N3O4S/c1-9(5-6-20-2)15-13(17)12-7-11(21(14,18)19)8-16(12)10-3-4-10/h7-10H,3-6H2,1-2H3,(H,15,17)(H2,14,18,19). The summed E-state index contributed by atoms with van der Waals surface area (Å²) in [6.07, 6.45) is 4.02. The lowest BCUT2D eigenvalue weighted by atomic mass is 10.2.